The van der Waals surface area contributed by atoms with Gasteiger partial charge < -0.3 is 24.2 Å². The number of aromatic nitrogens is 2. The average Bonchev–Trinajstić information content (AvgIpc) is 3.46. The highest BCUT2D eigenvalue weighted by molar-refractivity contribution is 6.59. The fourth-order valence-corrected chi connectivity index (χ4v) is 6.49. The Labute approximate surface area is 191 Å². The minimum atomic E-state index is -1.51. The molecule has 32 heavy (non-hydrogen) atoms. The van der Waals surface area contributed by atoms with Crippen molar-refractivity contribution in [3.05, 3.63) is 40.8 Å². The van der Waals surface area contributed by atoms with Crippen molar-refractivity contribution < 1.29 is 23.1 Å². The fraction of sp³-hybridized carbons (Fsp3) is 0.571. The molecule has 3 fully saturated rings. The number of halogens is 2. The van der Waals surface area contributed by atoms with E-state index in [1.54, 1.807) is 0 Å². The lowest BCUT2D eigenvalue weighted by molar-refractivity contribution is -0.121. The number of carbonyl (C=O) groups excluding carboxylic acids is 1. The summed E-state index contributed by atoms with van der Waals surface area (Å²) >= 11 is 5.65. The molecule has 2 N–H and O–H groups in total. The number of carbonyl (C=O) groups is 1. The zero-order valence-corrected chi connectivity index (χ0v) is 19.5. The van der Waals surface area contributed by atoms with Crippen molar-refractivity contribution >= 4 is 26.5 Å². The van der Waals surface area contributed by atoms with Crippen LogP contribution in [0.25, 0.3) is 0 Å². The van der Waals surface area contributed by atoms with E-state index < -0.39 is 14.8 Å². The van der Waals surface area contributed by atoms with Gasteiger partial charge in [0.05, 0.1) is 23.3 Å². The topological polar surface area (TPSA) is 98.5 Å². The Kier molecular flexibility index (Phi) is 6.45. The van der Waals surface area contributed by atoms with Crippen molar-refractivity contribution in [3.8, 4) is 5.75 Å². The first kappa shape index (κ1) is 21.8. The van der Waals surface area contributed by atoms with Crippen LogP contribution in [0.15, 0.2) is 22.6 Å². The summed E-state index contributed by atoms with van der Waals surface area (Å²) in [5.74, 6) is 1.13. The number of rotatable bonds is 8. The molecule has 2 heterocycles. The molecule has 1 aromatic heterocycles. The molecule has 8 nitrogen and oxygen atoms in total. The van der Waals surface area contributed by atoms with Crippen molar-refractivity contribution in [2.45, 2.75) is 62.3 Å². The summed E-state index contributed by atoms with van der Waals surface area (Å²) in [5, 5.41) is 12.0. The third-order valence-corrected chi connectivity index (χ3v) is 8.94. The third-order valence-electron chi connectivity index (χ3n) is 6.15. The van der Waals surface area contributed by atoms with E-state index in [1.165, 1.54) is 31.0 Å². The first-order chi connectivity index (χ1) is 15.5. The summed E-state index contributed by atoms with van der Waals surface area (Å²) in [4.78, 5) is 15.3. The van der Waals surface area contributed by atoms with E-state index >= 15 is 0 Å². The van der Waals surface area contributed by atoms with Crippen molar-refractivity contribution in [3.63, 3.8) is 0 Å². The minimum Gasteiger partial charge on any atom is -0.484 e. The number of ether oxygens (including phenoxy) is 2. The van der Waals surface area contributed by atoms with Gasteiger partial charge in [-0.15, -0.1) is 10.2 Å². The van der Waals surface area contributed by atoms with Gasteiger partial charge in [0.15, 0.2) is 15.6 Å². The largest absolute Gasteiger partial charge is 0.484 e. The molecular formula is C21H26ClFN4O4Si. The molecule has 11 heteroatoms. The Morgan fingerprint density at radius 2 is 2.06 bits per heavy atom. The van der Waals surface area contributed by atoms with Crippen LogP contribution in [0, 0.1) is 5.82 Å². The van der Waals surface area contributed by atoms with Gasteiger partial charge >= 0.3 is 0 Å². The normalized spacial score (nSPS) is 27.6. The first-order valence-electron chi connectivity index (χ1n) is 11.1. The SMILES string of the molecule is O=C(COc1ccc(Cl)c(F)c1)N[Si@H]1CC[C@H](c2nnc(C3CC(OC4CC4)C3)o2)NC1. The Hall–Kier alpha value is -2.01. The maximum absolute atomic E-state index is 13.5. The van der Waals surface area contributed by atoms with Gasteiger partial charge in [-0.05, 0) is 50.3 Å². The van der Waals surface area contributed by atoms with Crippen molar-refractivity contribution in [1.29, 1.82) is 0 Å². The van der Waals surface area contributed by atoms with Crippen LogP contribution in [0.2, 0.25) is 11.1 Å². The maximum atomic E-state index is 13.5. The number of nitrogens with one attached hydrogen (secondary N) is 2. The van der Waals surface area contributed by atoms with E-state index in [4.69, 9.17) is 25.5 Å². The Morgan fingerprint density at radius 3 is 2.78 bits per heavy atom. The van der Waals surface area contributed by atoms with Crippen LogP contribution in [0.1, 0.15) is 55.8 Å². The highest BCUT2D eigenvalue weighted by Gasteiger charge is 2.39. The first-order valence-corrected chi connectivity index (χ1v) is 13.7. The van der Waals surface area contributed by atoms with Crippen molar-refractivity contribution in [2.24, 2.45) is 0 Å². The van der Waals surface area contributed by atoms with Gasteiger partial charge in [-0.3, -0.25) is 4.79 Å². The summed E-state index contributed by atoms with van der Waals surface area (Å²) < 4.78 is 30.7. The molecule has 1 amide bonds. The van der Waals surface area contributed by atoms with Gasteiger partial charge in [0.1, 0.15) is 11.6 Å². The smallest absolute Gasteiger partial charge is 0.250 e. The molecule has 2 aromatic rings. The van der Waals surface area contributed by atoms with Crippen LogP contribution in [0.5, 0.6) is 5.75 Å². The van der Waals surface area contributed by atoms with E-state index in [2.05, 4.69) is 20.5 Å². The minimum absolute atomic E-state index is 0.0174. The molecule has 2 atom stereocenters. The van der Waals surface area contributed by atoms with E-state index in [-0.39, 0.29) is 29.3 Å². The molecule has 0 unspecified atom stereocenters. The quantitative estimate of drug-likeness (QED) is 0.560. The summed E-state index contributed by atoms with van der Waals surface area (Å²) in [5.41, 5.74) is 0. The monoisotopic (exact) mass is 480 g/mol. The second-order valence-corrected chi connectivity index (χ2v) is 11.8. The molecule has 172 valence electrons. The Balaban J connectivity index is 1.03. The predicted molar refractivity (Wildman–Crippen MR) is 117 cm³/mol. The Bertz CT molecular complexity index is 961. The van der Waals surface area contributed by atoms with Crippen LogP contribution in [0.4, 0.5) is 4.39 Å². The van der Waals surface area contributed by atoms with Crippen LogP contribution in [-0.2, 0) is 9.53 Å². The Morgan fingerprint density at radius 1 is 1.25 bits per heavy atom. The molecule has 0 bridgehead atoms. The molecule has 0 radical (unpaired) electrons. The van der Waals surface area contributed by atoms with Crippen LogP contribution < -0.4 is 15.0 Å². The maximum Gasteiger partial charge on any atom is 0.250 e. The standard InChI is InChI=1S/C21H26ClFN4O4Si/c22-16-4-3-14(9-17(16)23)29-10-19(28)27-32-6-5-18(24-11-32)21-26-25-20(31-21)12-7-15(8-12)30-13-1-2-13/h3-4,9,12-13,15,18,24,32H,1-2,5-8,10-11H2,(H,27,28)/t12?,15?,18-,32+/m1/s1. The van der Waals surface area contributed by atoms with E-state index in [0.29, 0.717) is 29.9 Å². The average molecular weight is 481 g/mol. The lowest BCUT2D eigenvalue weighted by Gasteiger charge is -2.32. The second kappa shape index (κ2) is 9.46. The van der Waals surface area contributed by atoms with Gasteiger partial charge in [-0.25, -0.2) is 4.39 Å². The van der Waals surface area contributed by atoms with Crippen LogP contribution in [-0.4, -0.2) is 50.0 Å². The molecule has 0 spiro atoms. The van der Waals surface area contributed by atoms with Gasteiger partial charge in [-0.2, -0.15) is 0 Å². The highest BCUT2D eigenvalue weighted by Crippen LogP contribution is 2.41. The lowest BCUT2D eigenvalue weighted by atomic mass is 9.82. The number of benzene rings is 1. The van der Waals surface area contributed by atoms with E-state index in [9.17, 15) is 9.18 Å². The lowest BCUT2D eigenvalue weighted by Crippen LogP contribution is -2.51. The number of hydrogen-bond donors (Lipinski definition) is 2. The van der Waals surface area contributed by atoms with Gasteiger partial charge in [0.2, 0.25) is 17.7 Å². The molecule has 1 aliphatic heterocycles. The van der Waals surface area contributed by atoms with Gasteiger partial charge in [0.25, 0.3) is 0 Å². The van der Waals surface area contributed by atoms with Crippen LogP contribution in [0.3, 0.4) is 0 Å². The summed E-state index contributed by atoms with van der Waals surface area (Å²) in [6.07, 6.45) is 6.69. The molecular weight excluding hydrogens is 455 g/mol. The molecule has 3 aliphatic rings. The molecule has 2 saturated carbocycles. The molecule has 1 saturated heterocycles. The fourth-order valence-electron chi connectivity index (χ4n) is 4.08. The summed E-state index contributed by atoms with van der Waals surface area (Å²) in [7, 11) is -1.51. The molecule has 5 rings (SSSR count). The van der Waals surface area contributed by atoms with Gasteiger partial charge in [-0.1, -0.05) is 11.6 Å². The van der Waals surface area contributed by atoms with Gasteiger partial charge in [0, 0.05) is 18.2 Å². The van der Waals surface area contributed by atoms with Crippen molar-refractivity contribution in [1.82, 2.24) is 20.5 Å². The zero-order valence-electron chi connectivity index (χ0n) is 17.6. The summed E-state index contributed by atoms with van der Waals surface area (Å²) in [6.45, 7) is -0.159. The predicted octanol–water partition coefficient (Wildman–Crippen LogP) is 2.78. The molecule has 2 aliphatic carbocycles. The number of hydrogen-bond acceptors (Lipinski definition) is 7. The second-order valence-electron chi connectivity index (χ2n) is 8.77. The number of nitrogens with zero attached hydrogens (tertiary/aromatic N) is 2. The molecule has 1 aromatic carbocycles. The van der Waals surface area contributed by atoms with Crippen molar-refractivity contribution in [2.75, 3.05) is 12.8 Å². The van der Waals surface area contributed by atoms with E-state index in [1.807, 2.05) is 0 Å². The summed E-state index contributed by atoms with van der Waals surface area (Å²) in [6, 6.07) is 5.03. The highest BCUT2D eigenvalue weighted by atomic mass is 35.5. The third kappa shape index (κ3) is 5.30. The van der Waals surface area contributed by atoms with Crippen LogP contribution >= 0.6 is 11.6 Å². The zero-order chi connectivity index (χ0) is 22.1. The number of amides is 1. The van der Waals surface area contributed by atoms with E-state index in [0.717, 1.165) is 31.5 Å².